The van der Waals surface area contributed by atoms with Gasteiger partial charge in [-0.3, -0.25) is 0 Å². The average molecular weight is 291 g/mol. The second kappa shape index (κ2) is 6.37. The van der Waals surface area contributed by atoms with E-state index in [2.05, 4.69) is 5.32 Å². The highest BCUT2D eigenvalue weighted by molar-refractivity contribution is 5.68. The van der Waals surface area contributed by atoms with Crippen LogP contribution in [0.4, 0.5) is 4.79 Å². The molecule has 0 spiro atoms. The number of aromatic hydroxyl groups is 1. The van der Waals surface area contributed by atoms with Crippen LogP contribution in [-0.4, -0.2) is 22.8 Å². The summed E-state index contributed by atoms with van der Waals surface area (Å²) in [6.45, 7) is 5.61. The maximum atomic E-state index is 11.8. The van der Waals surface area contributed by atoms with Gasteiger partial charge in [-0.2, -0.15) is 0 Å². The number of rotatable bonds is 2. The number of carbonyl (C=O) groups is 1. The number of alkyl carbamates (subject to hydrolysis) is 1. The predicted octanol–water partition coefficient (Wildman–Crippen LogP) is 3.94. The molecular weight excluding hydrogens is 266 g/mol. The van der Waals surface area contributed by atoms with Gasteiger partial charge in [0.05, 0.1) is 0 Å². The fourth-order valence-electron chi connectivity index (χ4n) is 2.79. The summed E-state index contributed by atoms with van der Waals surface area (Å²) in [4.78, 5) is 11.8. The lowest BCUT2D eigenvalue weighted by molar-refractivity contribution is 0.0491. The molecule has 0 saturated heterocycles. The Morgan fingerprint density at radius 1 is 1.14 bits per heavy atom. The lowest BCUT2D eigenvalue weighted by Crippen LogP contribution is -2.40. The predicted molar refractivity (Wildman–Crippen MR) is 82.5 cm³/mol. The molecule has 116 valence electrons. The Bertz CT molecular complexity index is 468. The summed E-state index contributed by atoms with van der Waals surface area (Å²) in [5.74, 6) is 0.821. The molecule has 1 amide bonds. The van der Waals surface area contributed by atoms with Gasteiger partial charge < -0.3 is 15.2 Å². The lowest BCUT2D eigenvalue weighted by Gasteiger charge is -2.30. The Hall–Kier alpha value is -1.71. The molecule has 1 saturated carbocycles. The van der Waals surface area contributed by atoms with Gasteiger partial charge in [0.15, 0.2) is 0 Å². The molecule has 1 fully saturated rings. The van der Waals surface area contributed by atoms with Crippen LogP contribution in [0.5, 0.6) is 5.75 Å². The smallest absolute Gasteiger partial charge is 0.407 e. The summed E-state index contributed by atoms with van der Waals surface area (Å²) < 4.78 is 5.29. The Morgan fingerprint density at radius 2 is 1.71 bits per heavy atom. The standard InChI is InChI=1S/C17H25NO3/c1-17(2,3)21-16(20)18-14-8-4-12(5-9-14)13-6-10-15(19)11-7-13/h6-7,10-12,14,19H,4-5,8-9H2,1-3H3,(H,18,20)/t12-,14-. The molecule has 0 bridgehead atoms. The molecule has 4 nitrogen and oxygen atoms in total. The zero-order valence-corrected chi connectivity index (χ0v) is 13.1. The van der Waals surface area contributed by atoms with Crippen LogP contribution in [-0.2, 0) is 4.74 Å². The van der Waals surface area contributed by atoms with E-state index < -0.39 is 5.60 Å². The van der Waals surface area contributed by atoms with Crippen molar-refractivity contribution in [1.82, 2.24) is 5.32 Å². The third kappa shape index (κ3) is 4.96. The molecule has 0 radical (unpaired) electrons. The van der Waals surface area contributed by atoms with Gasteiger partial charge in [0.25, 0.3) is 0 Å². The van der Waals surface area contributed by atoms with Crippen molar-refractivity contribution in [2.45, 2.75) is 64.0 Å². The van der Waals surface area contributed by atoms with Gasteiger partial charge in [0.1, 0.15) is 11.4 Å². The van der Waals surface area contributed by atoms with Gasteiger partial charge in [-0.1, -0.05) is 12.1 Å². The second-order valence-corrected chi connectivity index (χ2v) is 6.79. The molecule has 0 aliphatic heterocycles. The number of ether oxygens (including phenoxy) is 1. The monoisotopic (exact) mass is 291 g/mol. The molecular formula is C17H25NO3. The van der Waals surface area contributed by atoms with E-state index in [9.17, 15) is 9.90 Å². The molecule has 1 aliphatic rings. The number of phenols is 1. The summed E-state index contributed by atoms with van der Waals surface area (Å²) in [7, 11) is 0. The largest absolute Gasteiger partial charge is 0.508 e. The van der Waals surface area contributed by atoms with Crippen LogP contribution in [0.2, 0.25) is 0 Å². The fourth-order valence-corrected chi connectivity index (χ4v) is 2.79. The molecule has 0 aromatic heterocycles. The van der Waals surface area contributed by atoms with Crippen molar-refractivity contribution in [3.8, 4) is 5.75 Å². The number of carbonyl (C=O) groups excluding carboxylic acids is 1. The summed E-state index contributed by atoms with van der Waals surface area (Å²) in [5.41, 5.74) is 0.816. The third-order valence-corrected chi connectivity index (χ3v) is 3.81. The number of hydrogen-bond donors (Lipinski definition) is 2. The molecule has 1 aliphatic carbocycles. The molecule has 2 rings (SSSR count). The zero-order valence-electron chi connectivity index (χ0n) is 13.1. The fraction of sp³-hybridized carbons (Fsp3) is 0.588. The van der Waals surface area contributed by atoms with E-state index in [1.807, 2.05) is 32.9 Å². The number of phenolic OH excluding ortho intramolecular Hbond substituents is 1. The van der Waals surface area contributed by atoms with E-state index in [0.29, 0.717) is 11.7 Å². The lowest BCUT2D eigenvalue weighted by atomic mass is 9.82. The number of benzene rings is 1. The van der Waals surface area contributed by atoms with Crippen LogP contribution >= 0.6 is 0 Å². The van der Waals surface area contributed by atoms with Gasteiger partial charge in [-0.15, -0.1) is 0 Å². The first kappa shape index (κ1) is 15.7. The van der Waals surface area contributed by atoms with E-state index >= 15 is 0 Å². The van der Waals surface area contributed by atoms with Crippen LogP contribution in [0.3, 0.4) is 0 Å². The van der Waals surface area contributed by atoms with Crippen molar-refractivity contribution in [2.24, 2.45) is 0 Å². The first-order valence-electron chi connectivity index (χ1n) is 7.62. The first-order valence-corrected chi connectivity index (χ1v) is 7.62. The summed E-state index contributed by atoms with van der Waals surface area (Å²) in [6, 6.07) is 7.65. The maximum absolute atomic E-state index is 11.8. The maximum Gasteiger partial charge on any atom is 0.407 e. The Balaban J connectivity index is 1.80. The highest BCUT2D eigenvalue weighted by Gasteiger charge is 2.25. The number of amides is 1. The van der Waals surface area contributed by atoms with Crippen molar-refractivity contribution >= 4 is 6.09 Å². The van der Waals surface area contributed by atoms with Crippen LogP contribution in [0.1, 0.15) is 57.9 Å². The molecule has 0 atom stereocenters. The third-order valence-electron chi connectivity index (χ3n) is 3.81. The number of hydrogen-bond acceptors (Lipinski definition) is 3. The summed E-state index contributed by atoms with van der Waals surface area (Å²) in [5, 5.41) is 12.3. The SMILES string of the molecule is CC(C)(C)OC(=O)N[C@H]1CC[C@H](c2ccc(O)cc2)CC1. The molecule has 4 heteroatoms. The van der Waals surface area contributed by atoms with Gasteiger partial charge in [0.2, 0.25) is 0 Å². The van der Waals surface area contributed by atoms with Crippen molar-refractivity contribution in [1.29, 1.82) is 0 Å². The van der Waals surface area contributed by atoms with Crippen molar-refractivity contribution < 1.29 is 14.6 Å². The minimum atomic E-state index is -0.451. The average Bonchev–Trinajstić information content (AvgIpc) is 2.38. The van der Waals surface area contributed by atoms with E-state index in [1.165, 1.54) is 5.56 Å². The van der Waals surface area contributed by atoms with Gasteiger partial charge >= 0.3 is 6.09 Å². The second-order valence-electron chi connectivity index (χ2n) is 6.79. The van der Waals surface area contributed by atoms with Gasteiger partial charge in [-0.05, 0) is 70.1 Å². The minimum absolute atomic E-state index is 0.202. The highest BCUT2D eigenvalue weighted by atomic mass is 16.6. The minimum Gasteiger partial charge on any atom is -0.508 e. The Morgan fingerprint density at radius 3 is 2.24 bits per heavy atom. The quantitative estimate of drug-likeness (QED) is 0.867. The summed E-state index contributed by atoms with van der Waals surface area (Å²) >= 11 is 0. The van der Waals surface area contributed by atoms with Crippen molar-refractivity contribution in [3.05, 3.63) is 29.8 Å². The van der Waals surface area contributed by atoms with Crippen LogP contribution in [0, 0.1) is 0 Å². The molecule has 1 aromatic carbocycles. The molecule has 21 heavy (non-hydrogen) atoms. The molecule has 0 heterocycles. The topological polar surface area (TPSA) is 58.6 Å². The molecule has 1 aromatic rings. The molecule has 2 N–H and O–H groups in total. The van der Waals surface area contributed by atoms with Crippen molar-refractivity contribution in [3.63, 3.8) is 0 Å². The Labute approximate surface area is 126 Å². The van der Waals surface area contributed by atoms with Gasteiger partial charge in [-0.25, -0.2) is 4.79 Å². The number of nitrogens with one attached hydrogen (secondary N) is 1. The van der Waals surface area contributed by atoms with E-state index in [1.54, 1.807) is 12.1 Å². The highest BCUT2D eigenvalue weighted by Crippen LogP contribution is 2.33. The van der Waals surface area contributed by atoms with E-state index in [-0.39, 0.29) is 12.1 Å². The Kier molecular flexibility index (Phi) is 4.76. The van der Waals surface area contributed by atoms with Crippen LogP contribution < -0.4 is 5.32 Å². The molecule has 0 unspecified atom stereocenters. The first-order chi connectivity index (χ1) is 9.83. The van der Waals surface area contributed by atoms with E-state index in [0.717, 1.165) is 25.7 Å². The summed E-state index contributed by atoms with van der Waals surface area (Å²) in [6.07, 6.45) is 3.70. The van der Waals surface area contributed by atoms with Crippen molar-refractivity contribution in [2.75, 3.05) is 0 Å². The van der Waals surface area contributed by atoms with E-state index in [4.69, 9.17) is 4.74 Å². The van der Waals surface area contributed by atoms with Gasteiger partial charge in [0, 0.05) is 6.04 Å². The van der Waals surface area contributed by atoms with Crippen LogP contribution in [0.25, 0.3) is 0 Å². The normalized spacial score (nSPS) is 22.6. The zero-order chi connectivity index (χ0) is 15.5. The van der Waals surface area contributed by atoms with Crippen LogP contribution in [0.15, 0.2) is 24.3 Å².